The van der Waals surface area contributed by atoms with E-state index in [1.165, 1.54) is 0 Å². The Morgan fingerprint density at radius 3 is 2.40 bits per heavy atom. The summed E-state index contributed by atoms with van der Waals surface area (Å²) in [5.74, 6) is 0.292. The SMILES string of the molecule is O=[N+]([O-])Oc1ccc2cccc3c2c1-c1ccccc1-3. The van der Waals surface area contributed by atoms with Gasteiger partial charge in [-0.1, -0.05) is 48.5 Å². The standard InChI is InChI=1S/C16H9NO3/c18-17(19)20-14-9-8-10-4-3-7-12-11-5-1-2-6-13(11)16(14)15(10)12/h1-9H. The zero-order valence-corrected chi connectivity index (χ0v) is 10.4. The molecular formula is C16H9NO3. The first-order valence-corrected chi connectivity index (χ1v) is 6.23. The average molecular weight is 263 g/mol. The van der Waals surface area contributed by atoms with Crippen LogP contribution in [-0.2, 0) is 0 Å². The third kappa shape index (κ3) is 1.36. The van der Waals surface area contributed by atoms with Crippen LogP contribution in [0.25, 0.3) is 33.0 Å². The molecule has 0 atom stereocenters. The van der Waals surface area contributed by atoms with Crippen molar-refractivity contribution in [2.75, 3.05) is 0 Å². The highest BCUT2D eigenvalue weighted by Gasteiger charge is 2.24. The highest BCUT2D eigenvalue weighted by molar-refractivity contribution is 6.16. The second-order valence-corrected chi connectivity index (χ2v) is 4.70. The van der Waals surface area contributed by atoms with E-state index in [2.05, 4.69) is 0 Å². The largest absolute Gasteiger partial charge is 0.299 e. The zero-order valence-electron chi connectivity index (χ0n) is 10.4. The highest BCUT2D eigenvalue weighted by Crippen LogP contribution is 2.50. The summed E-state index contributed by atoms with van der Waals surface area (Å²) in [6.45, 7) is 0. The minimum Gasteiger partial charge on any atom is -0.276 e. The van der Waals surface area contributed by atoms with Gasteiger partial charge in [0, 0.05) is 5.56 Å². The number of fused-ring (bicyclic) bond motifs is 3. The molecule has 0 aromatic heterocycles. The first-order chi connectivity index (χ1) is 9.75. The van der Waals surface area contributed by atoms with E-state index in [1.54, 1.807) is 6.07 Å². The van der Waals surface area contributed by atoms with Crippen LogP contribution in [0.3, 0.4) is 0 Å². The summed E-state index contributed by atoms with van der Waals surface area (Å²) in [5, 5.41) is 12.0. The van der Waals surface area contributed by atoms with Crippen LogP contribution in [0.15, 0.2) is 54.6 Å². The van der Waals surface area contributed by atoms with Crippen molar-refractivity contribution in [3.05, 3.63) is 64.7 Å². The van der Waals surface area contributed by atoms with Gasteiger partial charge in [-0.15, -0.1) is 10.1 Å². The van der Waals surface area contributed by atoms with Gasteiger partial charge in [0.1, 0.15) is 5.75 Å². The minimum atomic E-state index is -0.763. The molecule has 0 saturated carbocycles. The molecule has 4 rings (SSSR count). The van der Waals surface area contributed by atoms with Crippen LogP contribution in [0, 0.1) is 10.1 Å². The van der Waals surface area contributed by atoms with Gasteiger partial charge in [0.25, 0.3) is 5.09 Å². The van der Waals surface area contributed by atoms with Crippen molar-refractivity contribution in [2.45, 2.75) is 0 Å². The number of benzene rings is 3. The van der Waals surface area contributed by atoms with Gasteiger partial charge in [0.2, 0.25) is 0 Å². The first kappa shape index (κ1) is 11.0. The summed E-state index contributed by atoms with van der Waals surface area (Å²) >= 11 is 0. The number of rotatable bonds is 2. The lowest BCUT2D eigenvalue weighted by Crippen LogP contribution is -2.04. The highest BCUT2D eigenvalue weighted by atomic mass is 17.0. The summed E-state index contributed by atoms with van der Waals surface area (Å²) in [6, 6.07) is 17.4. The maximum absolute atomic E-state index is 10.7. The van der Waals surface area contributed by atoms with E-state index in [-0.39, 0.29) is 0 Å². The molecule has 1 aliphatic rings. The van der Waals surface area contributed by atoms with Gasteiger partial charge < -0.3 is 0 Å². The summed E-state index contributed by atoms with van der Waals surface area (Å²) in [7, 11) is 0. The van der Waals surface area contributed by atoms with Crippen LogP contribution in [0.5, 0.6) is 5.75 Å². The Morgan fingerprint density at radius 1 is 0.850 bits per heavy atom. The summed E-state index contributed by atoms with van der Waals surface area (Å²) in [5.41, 5.74) is 3.98. The molecule has 3 aromatic carbocycles. The molecule has 0 radical (unpaired) electrons. The Bertz CT molecular complexity index is 871. The number of hydrogen-bond acceptors (Lipinski definition) is 3. The molecule has 0 unspecified atom stereocenters. The molecule has 0 spiro atoms. The average Bonchev–Trinajstić information content (AvgIpc) is 2.79. The van der Waals surface area contributed by atoms with Crippen molar-refractivity contribution in [2.24, 2.45) is 0 Å². The van der Waals surface area contributed by atoms with E-state index in [0.717, 1.165) is 33.0 Å². The molecule has 0 N–H and O–H groups in total. The molecule has 20 heavy (non-hydrogen) atoms. The molecule has 0 saturated heterocycles. The van der Waals surface area contributed by atoms with Crippen molar-refractivity contribution in [1.82, 2.24) is 0 Å². The van der Waals surface area contributed by atoms with E-state index in [4.69, 9.17) is 4.84 Å². The lowest BCUT2D eigenvalue weighted by molar-refractivity contribution is -0.710. The second kappa shape index (κ2) is 3.81. The Kier molecular flexibility index (Phi) is 2.09. The maximum atomic E-state index is 10.7. The quantitative estimate of drug-likeness (QED) is 0.405. The molecule has 0 fully saturated rings. The van der Waals surface area contributed by atoms with Gasteiger partial charge in [0.05, 0.1) is 0 Å². The number of nitrogens with zero attached hydrogens (tertiary/aromatic N) is 1. The molecule has 1 aliphatic carbocycles. The van der Waals surface area contributed by atoms with Crippen LogP contribution in [0.1, 0.15) is 0 Å². The Hall–Kier alpha value is -2.88. The predicted molar refractivity (Wildman–Crippen MR) is 76.0 cm³/mol. The monoisotopic (exact) mass is 263 g/mol. The molecule has 3 aromatic rings. The summed E-state index contributed by atoms with van der Waals surface area (Å²) in [4.78, 5) is 15.4. The van der Waals surface area contributed by atoms with Crippen molar-refractivity contribution in [1.29, 1.82) is 0 Å². The van der Waals surface area contributed by atoms with Gasteiger partial charge in [-0.05, 0) is 33.5 Å². The molecule has 4 heteroatoms. The fourth-order valence-corrected chi connectivity index (χ4v) is 2.94. The second-order valence-electron chi connectivity index (χ2n) is 4.70. The summed E-state index contributed by atoms with van der Waals surface area (Å²) in [6.07, 6.45) is 0. The van der Waals surface area contributed by atoms with Gasteiger partial charge in [-0.3, -0.25) is 4.84 Å². The predicted octanol–water partition coefficient (Wildman–Crippen LogP) is 4.06. The van der Waals surface area contributed by atoms with Crippen LogP contribution in [0.2, 0.25) is 0 Å². The third-order valence-electron chi connectivity index (χ3n) is 3.67. The number of hydrogen-bond donors (Lipinski definition) is 0. The third-order valence-corrected chi connectivity index (χ3v) is 3.67. The minimum absolute atomic E-state index is 0.292. The van der Waals surface area contributed by atoms with Crippen LogP contribution < -0.4 is 4.84 Å². The molecule has 0 amide bonds. The topological polar surface area (TPSA) is 52.4 Å². The Morgan fingerprint density at radius 2 is 1.60 bits per heavy atom. The van der Waals surface area contributed by atoms with E-state index in [9.17, 15) is 10.1 Å². The van der Waals surface area contributed by atoms with Crippen LogP contribution in [-0.4, -0.2) is 5.09 Å². The molecule has 0 heterocycles. The lowest BCUT2D eigenvalue weighted by Gasteiger charge is -2.07. The Balaban J connectivity index is 2.15. The van der Waals surface area contributed by atoms with Crippen molar-refractivity contribution in [3.8, 4) is 28.0 Å². The fourth-order valence-electron chi connectivity index (χ4n) is 2.94. The molecule has 0 bridgehead atoms. The molecule has 96 valence electrons. The lowest BCUT2D eigenvalue weighted by atomic mass is 10.0. The van der Waals surface area contributed by atoms with Crippen LogP contribution >= 0.6 is 0 Å². The maximum Gasteiger partial charge on any atom is 0.299 e. The normalized spacial score (nSPS) is 11.4. The van der Waals surface area contributed by atoms with Gasteiger partial charge in [-0.2, -0.15) is 0 Å². The van der Waals surface area contributed by atoms with Crippen molar-refractivity contribution < 1.29 is 9.92 Å². The first-order valence-electron chi connectivity index (χ1n) is 6.23. The molecule has 4 nitrogen and oxygen atoms in total. The van der Waals surface area contributed by atoms with Gasteiger partial charge in [0.15, 0.2) is 0 Å². The molecular weight excluding hydrogens is 254 g/mol. The fraction of sp³-hybridized carbons (Fsp3) is 0. The van der Waals surface area contributed by atoms with E-state index >= 15 is 0 Å². The Labute approximate surface area is 114 Å². The smallest absolute Gasteiger partial charge is 0.276 e. The molecule has 0 aliphatic heterocycles. The van der Waals surface area contributed by atoms with E-state index < -0.39 is 5.09 Å². The van der Waals surface area contributed by atoms with Crippen molar-refractivity contribution in [3.63, 3.8) is 0 Å². The van der Waals surface area contributed by atoms with Crippen molar-refractivity contribution >= 4 is 10.8 Å². The van der Waals surface area contributed by atoms with Gasteiger partial charge >= 0.3 is 0 Å². The van der Waals surface area contributed by atoms with E-state index in [0.29, 0.717) is 5.75 Å². The van der Waals surface area contributed by atoms with Gasteiger partial charge in [-0.25, -0.2) is 0 Å². The van der Waals surface area contributed by atoms with E-state index in [1.807, 2.05) is 48.5 Å². The summed E-state index contributed by atoms with van der Waals surface area (Å²) < 4.78 is 0. The zero-order chi connectivity index (χ0) is 13.7. The van der Waals surface area contributed by atoms with Crippen LogP contribution in [0.4, 0.5) is 0 Å².